The molecule has 0 aliphatic carbocycles. The summed E-state index contributed by atoms with van der Waals surface area (Å²) in [6.45, 7) is 2.02. The first-order chi connectivity index (χ1) is 6.84. The van der Waals surface area contributed by atoms with Crippen molar-refractivity contribution in [2.45, 2.75) is 13.3 Å². The lowest BCUT2D eigenvalue weighted by Gasteiger charge is -2.01. The Balaban J connectivity index is 2.19. The van der Waals surface area contributed by atoms with Crippen LogP contribution in [0.4, 0.5) is 0 Å². The van der Waals surface area contributed by atoms with Gasteiger partial charge in [0.1, 0.15) is 0 Å². The quantitative estimate of drug-likeness (QED) is 0.697. The van der Waals surface area contributed by atoms with E-state index in [1.165, 1.54) is 5.56 Å². The SMILES string of the molecule is Cc1cccc(Cc2ccccc2)n1. The third-order valence-electron chi connectivity index (χ3n) is 2.17. The highest BCUT2D eigenvalue weighted by Crippen LogP contribution is 2.07. The van der Waals surface area contributed by atoms with Gasteiger partial charge in [0.15, 0.2) is 0 Å². The second-order valence-electron chi connectivity index (χ2n) is 3.43. The molecule has 1 heterocycles. The van der Waals surface area contributed by atoms with Crippen molar-refractivity contribution in [2.75, 3.05) is 0 Å². The zero-order valence-corrected chi connectivity index (χ0v) is 8.27. The molecule has 0 radical (unpaired) electrons. The Kier molecular flexibility index (Phi) is 2.59. The minimum Gasteiger partial charge on any atom is -0.258 e. The van der Waals surface area contributed by atoms with E-state index in [1.807, 2.05) is 19.1 Å². The maximum atomic E-state index is 4.47. The Morgan fingerprint density at radius 2 is 1.71 bits per heavy atom. The zero-order chi connectivity index (χ0) is 9.80. The lowest BCUT2D eigenvalue weighted by atomic mass is 10.1. The second kappa shape index (κ2) is 4.05. The Bertz CT molecular complexity index is 407. The van der Waals surface area contributed by atoms with Crippen LogP contribution < -0.4 is 0 Å². The van der Waals surface area contributed by atoms with Crippen LogP contribution in [0.15, 0.2) is 48.5 Å². The maximum absolute atomic E-state index is 4.47. The third-order valence-corrected chi connectivity index (χ3v) is 2.17. The maximum Gasteiger partial charge on any atom is 0.0450 e. The molecule has 1 heteroatoms. The molecule has 14 heavy (non-hydrogen) atoms. The topological polar surface area (TPSA) is 12.9 Å². The first-order valence-electron chi connectivity index (χ1n) is 4.81. The lowest BCUT2D eigenvalue weighted by Crippen LogP contribution is -1.92. The molecule has 0 fully saturated rings. The van der Waals surface area contributed by atoms with Gasteiger partial charge in [0.05, 0.1) is 0 Å². The van der Waals surface area contributed by atoms with Crippen molar-refractivity contribution in [1.82, 2.24) is 4.98 Å². The van der Waals surface area contributed by atoms with Crippen LogP contribution in [0.1, 0.15) is 17.0 Å². The molecule has 0 unspecified atom stereocenters. The van der Waals surface area contributed by atoms with Crippen molar-refractivity contribution in [3.05, 3.63) is 65.5 Å². The van der Waals surface area contributed by atoms with E-state index in [0.717, 1.165) is 17.8 Å². The van der Waals surface area contributed by atoms with Gasteiger partial charge in [0, 0.05) is 17.8 Å². The lowest BCUT2D eigenvalue weighted by molar-refractivity contribution is 1.04. The first-order valence-corrected chi connectivity index (χ1v) is 4.81. The summed E-state index contributed by atoms with van der Waals surface area (Å²) in [6, 6.07) is 16.6. The molecule has 0 amide bonds. The fourth-order valence-corrected chi connectivity index (χ4v) is 1.50. The molecule has 2 rings (SSSR count). The molecule has 2 aromatic rings. The molecule has 0 saturated heterocycles. The molecule has 1 nitrogen and oxygen atoms in total. The Morgan fingerprint density at radius 1 is 0.929 bits per heavy atom. The Labute approximate surface area is 84.4 Å². The fraction of sp³-hybridized carbons (Fsp3) is 0.154. The largest absolute Gasteiger partial charge is 0.258 e. The van der Waals surface area contributed by atoms with E-state index in [2.05, 4.69) is 41.4 Å². The number of aryl methyl sites for hydroxylation is 1. The summed E-state index contributed by atoms with van der Waals surface area (Å²) in [7, 11) is 0. The van der Waals surface area contributed by atoms with Gasteiger partial charge in [-0.05, 0) is 24.6 Å². The van der Waals surface area contributed by atoms with Gasteiger partial charge in [-0.1, -0.05) is 36.4 Å². The summed E-state index contributed by atoms with van der Waals surface area (Å²) in [6.07, 6.45) is 0.919. The summed E-state index contributed by atoms with van der Waals surface area (Å²) >= 11 is 0. The molecule has 0 spiro atoms. The van der Waals surface area contributed by atoms with Gasteiger partial charge in [-0.3, -0.25) is 4.98 Å². The number of hydrogen-bond donors (Lipinski definition) is 0. The monoisotopic (exact) mass is 183 g/mol. The molecular weight excluding hydrogens is 170 g/mol. The summed E-state index contributed by atoms with van der Waals surface area (Å²) in [5, 5.41) is 0. The number of aromatic nitrogens is 1. The number of nitrogens with zero attached hydrogens (tertiary/aromatic N) is 1. The van der Waals surface area contributed by atoms with Gasteiger partial charge in [0.2, 0.25) is 0 Å². The average Bonchev–Trinajstić information content (AvgIpc) is 2.19. The highest BCUT2D eigenvalue weighted by atomic mass is 14.7. The minimum absolute atomic E-state index is 0.919. The predicted molar refractivity (Wildman–Crippen MR) is 58.2 cm³/mol. The molecule has 1 aromatic heterocycles. The van der Waals surface area contributed by atoms with Crippen LogP contribution >= 0.6 is 0 Å². The number of benzene rings is 1. The van der Waals surface area contributed by atoms with E-state index in [9.17, 15) is 0 Å². The van der Waals surface area contributed by atoms with Gasteiger partial charge >= 0.3 is 0 Å². The summed E-state index contributed by atoms with van der Waals surface area (Å²) in [4.78, 5) is 4.47. The van der Waals surface area contributed by atoms with Crippen LogP contribution in [-0.2, 0) is 6.42 Å². The van der Waals surface area contributed by atoms with Gasteiger partial charge in [-0.25, -0.2) is 0 Å². The molecule has 70 valence electrons. The van der Waals surface area contributed by atoms with Crippen molar-refractivity contribution in [2.24, 2.45) is 0 Å². The number of hydrogen-bond acceptors (Lipinski definition) is 1. The molecule has 0 aliphatic rings. The van der Waals surface area contributed by atoms with Crippen molar-refractivity contribution >= 4 is 0 Å². The zero-order valence-electron chi connectivity index (χ0n) is 8.27. The molecule has 1 aromatic carbocycles. The van der Waals surface area contributed by atoms with E-state index in [1.54, 1.807) is 0 Å². The summed E-state index contributed by atoms with van der Waals surface area (Å²) in [5.41, 5.74) is 3.53. The van der Waals surface area contributed by atoms with Crippen LogP contribution in [0.25, 0.3) is 0 Å². The fourth-order valence-electron chi connectivity index (χ4n) is 1.50. The van der Waals surface area contributed by atoms with Crippen LogP contribution in [-0.4, -0.2) is 4.98 Å². The number of pyridine rings is 1. The van der Waals surface area contributed by atoms with E-state index in [-0.39, 0.29) is 0 Å². The summed E-state index contributed by atoms with van der Waals surface area (Å²) < 4.78 is 0. The molecule has 0 bridgehead atoms. The van der Waals surface area contributed by atoms with E-state index < -0.39 is 0 Å². The van der Waals surface area contributed by atoms with Crippen LogP contribution in [0.2, 0.25) is 0 Å². The standard InChI is InChI=1S/C13H13N/c1-11-6-5-9-13(14-11)10-12-7-3-2-4-8-12/h2-9H,10H2,1H3. The normalized spacial score (nSPS) is 10.1. The van der Waals surface area contributed by atoms with Crippen LogP contribution in [0, 0.1) is 6.92 Å². The van der Waals surface area contributed by atoms with Crippen molar-refractivity contribution in [3.63, 3.8) is 0 Å². The summed E-state index contributed by atoms with van der Waals surface area (Å²) in [5.74, 6) is 0. The predicted octanol–water partition coefficient (Wildman–Crippen LogP) is 2.98. The molecule has 0 saturated carbocycles. The van der Waals surface area contributed by atoms with Crippen molar-refractivity contribution in [3.8, 4) is 0 Å². The smallest absolute Gasteiger partial charge is 0.0450 e. The van der Waals surface area contributed by atoms with E-state index >= 15 is 0 Å². The van der Waals surface area contributed by atoms with Crippen LogP contribution in [0.5, 0.6) is 0 Å². The van der Waals surface area contributed by atoms with Crippen molar-refractivity contribution in [1.29, 1.82) is 0 Å². The van der Waals surface area contributed by atoms with E-state index in [4.69, 9.17) is 0 Å². The van der Waals surface area contributed by atoms with Crippen LogP contribution in [0.3, 0.4) is 0 Å². The molecular formula is C13H13N. The molecule has 0 atom stereocenters. The van der Waals surface area contributed by atoms with Crippen molar-refractivity contribution < 1.29 is 0 Å². The first kappa shape index (κ1) is 8.95. The molecule has 0 N–H and O–H groups in total. The Hall–Kier alpha value is -1.63. The van der Waals surface area contributed by atoms with E-state index in [0.29, 0.717) is 0 Å². The second-order valence-corrected chi connectivity index (χ2v) is 3.43. The minimum atomic E-state index is 0.919. The highest BCUT2D eigenvalue weighted by Gasteiger charge is 1.96. The molecule has 0 aliphatic heterocycles. The Morgan fingerprint density at radius 3 is 2.43 bits per heavy atom. The third kappa shape index (κ3) is 2.19. The van der Waals surface area contributed by atoms with Gasteiger partial charge < -0.3 is 0 Å². The number of rotatable bonds is 2. The van der Waals surface area contributed by atoms with Gasteiger partial charge in [0.25, 0.3) is 0 Å². The average molecular weight is 183 g/mol. The highest BCUT2D eigenvalue weighted by molar-refractivity contribution is 5.22. The van der Waals surface area contributed by atoms with Gasteiger partial charge in [-0.2, -0.15) is 0 Å². The van der Waals surface area contributed by atoms with Gasteiger partial charge in [-0.15, -0.1) is 0 Å².